The molecule has 1 heterocycles. The van der Waals surface area contributed by atoms with Crippen molar-refractivity contribution in [2.75, 3.05) is 6.54 Å². The highest BCUT2D eigenvalue weighted by Gasteiger charge is 2.38. The Bertz CT molecular complexity index is 1020. The van der Waals surface area contributed by atoms with E-state index in [0.717, 1.165) is 23.9 Å². The van der Waals surface area contributed by atoms with Gasteiger partial charge in [0.25, 0.3) is 0 Å². The molecule has 3 aromatic rings. The highest BCUT2D eigenvalue weighted by atomic mass is 35.5. The van der Waals surface area contributed by atoms with E-state index >= 15 is 0 Å². The summed E-state index contributed by atoms with van der Waals surface area (Å²) in [6, 6.07) is 13.7. The quantitative estimate of drug-likeness (QED) is 0.644. The number of halogens is 1. The Morgan fingerprint density at radius 2 is 2.04 bits per heavy atom. The van der Waals surface area contributed by atoms with Gasteiger partial charge in [0.1, 0.15) is 18.0 Å². The second-order valence-electron chi connectivity index (χ2n) is 7.34. The lowest BCUT2D eigenvalue weighted by molar-refractivity contribution is 0.0393. The van der Waals surface area contributed by atoms with Crippen LogP contribution in [-0.2, 0) is 7.05 Å². The lowest BCUT2D eigenvalue weighted by atomic mass is 10.00. The number of carboxylic acid groups (broad SMARTS) is 1. The van der Waals surface area contributed by atoms with E-state index in [-0.39, 0.29) is 0 Å². The lowest BCUT2D eigenvalue weighted by Gasteiger charge is -2.33. The fraction of sp³-hybridized carbons (Fsp3) is 0.333. The van der Waals surface area contributed by atoms with Crippen molar-refractivity contribution in [3.63, 3.8) is 0 Å². The van der Waals surface area contributed by atoms with Gasteiger partial charge in [0.2, 0.25) is 0 Å². The van der Waals surface area contributed by atoms with Crippen LogP contribution >= 0.6 is 11.6 Å². The van der Waals surface area contributed by atoms with E-state index < -0.39 is 18.2 Å². The first-order valence-electron chi connectivity index (χ1n) is 9.30. The van der Waals surface area contributed by atoms with Crippen LogP contribution in [0.4, 0.5) is 4.79 Å². The number of aliphatic hydroxyl groups excluding tert-OH is 1. The van der Waals surface area contributed by atoms with Crippen LogP contribution in [0.25, 0.3) is 11.0 Å². The van der Waals surface area contributed by atoms with Crippen LogP contribution in [0.5, 0.6) is 0 Å². The minimum Gasteiger partial charge on any atom is -0.465 e. The first-order chi connectivity index (χ1) is 13.5. The standard InChI is InChI=1S/C21H22ClN3O3/c1-24-17-8-3-2-7-16(17)23-20(24)18(25(21(27)28)12-13-9-10-13)19(26)14-5-4-6-15(22)11-14/h2-8,11,13,18-19,26H,9-10,12H2,1H3,(H,27,28)/t18-,19+/m0/s1. The minimum absolute atomic E-state index is 0.333. The fourth-order valence-electron chi connectivity index (χ4n) is 3.64. The van der Waals surface area contributed by atoms with E-state index in [1.807, 2.05) is 35.9 Å². The molecule has 1 aliphatic rings. The van der Waals surface area contributed by atoms with E-state index in [1.54, 1.807) is 24.3 Å². The Morgan fingerprint density at radius 3 is 2.68 bits per heavy atom. The second kappa shape index (κ2) is 7.45. The first-order valence-corrected chi connectivity index (χ1v) is 9.68. The summed E-state index contributed by atoms with van der Waals surface area (Å²) in [7, 11) is 1.85. The number of benzene rings is 2. The minimum atomic E-state index is -1.09. The highest BCUT2D eigenvalue weighted by Crippen LogP contribution is 2.39. The Balaban J connectivity index is 1.84. The number of para-hydroxylation sites is 2. The van der Waals surface area contributed by atoms with Crippen LogP contribution in [0.1, 0.15) is 36.4 Å². The van der Waals surface area contributed by atoms with Gasteiger partial charge >= 0.3 is 6.09 Å². The summed E-state index contributed by atoms with van der Waals surface area (Å²) < 4.78 is 1.86. The summed E-state index contributed by atoms with van der Waals surface area (Å²) in [5, 5.41) is 21.7. The first kappa shape index (κ1) is 18.8. The summed E-state index contributed by atoms with van der Waals surface area (Å²) in [5.41, 5.74) is 2.21. The van der Waals surface area contributed by atoms with Gasteiger partial charge in [-0.3, -0.25) is 4.90 Å². The van der Waals surface area contributed by atoms with Gasteiger partial charge < -0.3 is 14.8 Å². The van der Waals surface area contributed by atoms with Crippen molar-refractivity contribution < 1.29 is 15.0 Å². The Kier molecular flexibility index (Phi) is 5.00. The van der Waals surface area contributed by atoms with E-state index in [1.165, 1.54) is 4.90 Å². The fourth-order valence-corrected chi connectivity index (χ4v) is 3.84. The van der Waals surface area contributed by atoms with Crippen molar-refractivity contribution in [2.24, 2.45) is 13.0 Å². The molecular formula is C21H22ClN3O3. The van der Waals surface area contributed by atoms with Gasteiger partial charge in [-0.15, -0.1) is 0 Å². The monoisotopic (exact) mass is 399 g/mol. The number of hydrogen-bond donors (Lipinski definition) is 2. The molecule has 146 valence electrons. The van der Waals surface area contributed by atoms with Crippen LogP contribution in [0.2, 0.25) is 5.02 Å². The SMILES string of the molecule is Cn1c([C@H]([C@H](O)c2cccc(Cl)c2)N(CC2CC2)C(=O)O)nc2ccccc21. The lowest BCUT2D eigenvalue weighted by Crippen LogP contribution is -2.39. The molecule has 1 aromatic heterocycles. The topological polar surface area (TPSA) is 78.6 Å². The molecule has 0 spiro atoms. The van der Waals surface area contributed by atoms with Crippen LogP contribution in [-0.4, -0.2) is 37.3 Å². The molecule has 0 radical (unpaired) electrons. The summed E-state index contributed by atoms with van der Waals surface area (Å²) >= 11 is 6.11. The maximum Gasteiger partial charge on any atom is 0.408 e. The molecular weight excluding hydrogens is 378 g/mol. The molecule has 6 nitrogen and oxygen atoms in total. The third kappa shape index (κ3) is 3.57. The maximum atomic E-state index is 12.2. The Labute approximate surface area is 168 Å². The van der Waals surface area contributed by atoms with Gasteiger partial charge in [-0.1, -0.05) is 35.9 Å². The molecule has 4 rings (SSSR count). The Morgan fingerprint density at radius 1 is 1.29 bits per heavy atom. The number of aryl methyl sites for hydroxylation is 1. The number of hydrogen-bond acceptors (Lipinski definition) is 3. The molecule has 1 amide bonds. The molecule has 0 unspecified atom stereocenters. The number of aromatic nitrogens is 2. The summed E-state index contributed by atoms with van der Waals surface area (Å²) in [4.78, 5) is 18.2. The average molecular weight is 400 g/mol. The summed E-state index contributed by atoms with van der Waals surface area (Å²) in [6.45, 7) is 0.376. The average Bonchev–Trinajstić information content (AvgIpc) is 3.44. The molecule has 2 N–H and O–H groups in total. The summed E-state index contributed by atoms with van der Waals surface area (Å²) in [5.74, 6) is 0.844. The molecule has 28 heavy (non-hydrogen) atoms. The number of amides is 1. The van der Waals surface area contributed by atoms with Gasteiger partial charge in [0.15, 0.2) is 0 Å². The van der Waals surface area contributed by atoms with Gasteiger partial charge in [0, 0.05) is 18.6 Å². The molecule has 1 aliphatic carbocycles. The zero-order chi connectivity index (χ0) is 19.8. The third-order valence-electron chi connectivity index (χ3n) is 5.31. The van der Waals surface area contributed by atoms with Gasteiger partial charge in [-0.2, -0.15) is 0 Å². The van der Waals surface area contributed by atoms with E-state index in [9.17, 15) is 15.0 Å². The molecule has 0 bridgehead atoms. The van der Waals surface area contributed by atoms with Crippen molar-refractivity contribution in [2.45, 2.75) is 25.0 Å². The van der Waals surface area contributed by atoms with Crippen LogP contribution in [0, 0.1) is 5.92 Å². The highest BCUT2D eigenvalue weighted by molar-refractivity contribution is 6.30. The van der Waals surface area contributed by atoms with Gasteiger partial charge in [-0.05, 0) is 48.6 Å². The number of imidazole rings is 1. The van der Waals surface area contributed by atoms with E-state index in [2.05, 4.69) is 4.98 Å². The molecule has 2 atom stereocenters. The van der Waals surface area contributed by atoms with E-state index in [4.69, 9.17) is 11.6 Å². The van der Waals surface area contributed by atoms with Crippen molar-refractivity contribution in [1.29, 1.82) is 0 Å². The predicted octanol–water partition coefficient (Wildman–Crippen LogP) is 4.39. The number of nitrogens with zero attached hydrogens (tertiary/aromatic N) is 3. The normalized spacial score (nSPS) is 16.1. The zero-order valence-electron chi connectivity index (χ0n) is 15.5. The molecule has 1 saturated carbocycles. The maximum absolute atomic E-state index is 12.2. The largest absolute Gasteiger partial charge is 0.465 e. The van der Waals surface area contributed by atoms with Crippen LogP contribution in [0.3, 0.4) is 0 Å². The number of carbonyl (C=O) groups is 1. The Hall–Kier alpha value is -2.57. The van der Waals surface area contributed by atoms with Crippen molar-refractivity contribution in [1.82, 2.24) is 14.5 Å². The molecule has 0 saturated heterocycles. The molecule has 0 aliphatic heterocycles. The molecule has 1 fully saturated rings. The van der Waals surface area contributed by atoms with Crippen LogP contribution in [0.15, 0.2) is 48.5 Å². The van der Waals surface area contributed by atoms with E-state index in [0.29, 0.717) is 28.9 Å². The zero-order valence-corrected chi connectivity index (χ0v) is 16.3. The number of aliphatic hydroxyl groups is 1. The van der Waals surface area contributed by atoms with Crippen molar-refractivity contribution in [3.8, 4) is 0 Å². The third-order valence-corrected chi connectivity index (χ3v) is 5.54. The van der Waals surface area contributed by atoms with Gasteiger partial charge in [-0.25, -0.2) is 9.78 Å². The second-order valence-corrected chi connectivity index (χ2v) is 7.78. The molecule has 7 heteroatoms. The summed E-state index contributed by atoms with van der Waals surface area (Å²) in [6.07, 6.45) is -0.146. The number of fused-ring (bicyclic) bond motifs is 1. The van der Waals surface area contributed by atoms with Crippen molar-refractivity contribution in [3.05, 3.63) is 64.9 Å². The van der Waals surface area contributed by atoms with Crippen LogP contribution < -0.4 is 0 Å². The molecule has 2 aromatic carbocycles. The number of rotatable bonds is 6. The smallest absolute Gasteiger partial charge is 0.408 e. The predicted molar refractivity (Wildman–Crippen MR) is 107 cm³/mol. The van der Waals surface area contributed by atoms with Crippen molar-refractivity contribution >= 4 is 28.7 Å². The van der Waals surface area contributed by atoms with Gasteiger partial charge in [0.05, 0.1) is 11.0 Å².